The SMILES string of the molecule is CCCCOc1ccc(CCNC(=NCCCN2CCCC2=O)NCC)cc1.I. The molecule has 29 heavy (non-hydrogen) atoms. The van der Waals surface area contributed by atoms with E-state index in [0.29, 0.717) is 6.42 Å². The van der Waals surface area contributed by atoms with Gasteiger partial charge in [0.1, 0.15) is 5.75 Å². The minimum absolute atomic E-state index is 0. The van der Waals surface area contributed by atoms with E-state index in [2.05, 4.69) is 41.6 Å². The van der Waals surface area contributed by atoms with Gasteiger partial charge in [-0.1, -0.05) is 25.5 Å². The molecule has 1 amide bonds. The highest BCUT2D eigenvalue weighted by molar-refractivity contribution is 14.0. The number of hydrogen-bond donors (Lipinski definition) is 2. The van der Waals surface area contributed by atoms with E-state index in [1.807, 2.05) is 17.0 Å². The van der Waals surface area contributed by atoms with Crippen molar-refractivity contribution in [1.82, 2.24) is 15.5 Å². The van der Waals surface area contributed by atoms with Crippen LogP contribution in [0.2, 0.25) is 0 Å². The van der Waals surface area contributed by atoms with Crippen molar-refractivity contribution in [3.8, 4) is 5.75 Å². The van der Waals surface area contributed by atoms with Crippen molar-refractivity contribution in [1.29, 1.82) is 0 Å². The Morgan fingerprint density at radius 2 is 1.97 bits per heavy atom. The average molecular weight is 516 g/mol. The molecule has 0 spiro atoms. The van der Waals surface area contributed by atoms with Crippen LogP contribution in [0.4, 0.5) is 0 Å². The number of ether oxygens (including phenoxy) is 1. The highest BCUT2D eigenvalue weighted by Gasteiger charge is 2.18. The highest BCUT2D eigenvalue weighted by Crippen LogP contribution is 2.13. The van der Waals surface area contributed by atoms with Gasteiger partial charge < -0.3 is 20.3 Å². The third-order valence-electron chi connectivity index (χ3n) is 4.77. The minimum Gasteiger partial charge on any atom is -0.494 e. The van der Waals surface area contributed by atoms with Gasteiger partial charge in [0.25, 0.3) is 0 Å². The van der Waals surface area contributed by atoms with Gasteiger partial charge in [-0.15, -0.1) is 24.0 Å². The van der Waals surface area contributed by atoms with E-state index >= 15 is 0 Å². The summed E-state index contributed by atoms with van der Waals surface area (Å²) in [6.45, 7) is 9.12. The Morgan fingerprint density at radius 3 is 2.62 bits per heavy atom. The van der Waals surface area contributed by atoms with Crippen LogP contribution in [0.1, 0.15) is 51.5 Å². The molecule has 1 heterocycles. The molecule has 2 rings (SSSR count). The van der Waals surface area contributed by atoms with Gasteiger partial charge in [0.05, 0.1) is 6.61 Å². The Balaban J connectivity index is 0.00000420. The highest BCUT2D eigenvalue weighted by atomic mass is 127. The van der Waals surface area contributed by atoms with E-state index in [1.165, 1.54) is 5.56 Å². The summed E-state index contributed by atoms with van der Waals surface area (Å²) >= 11 is 0. The Bertz CT molecular complexity index is 607. The van der Waals surface area contributed by atoms with Gasteiger partial charge in [-0.3, -0.25) is 9.79 Å². The first-order valence-electron chi connectivity index (χ1n) is 10.7. The summed E-state index contributed by atoms with van der Waals surface area (Å²) in [5, 5.41) is 6.67. The second-order valence-electron chi connectivity index (χ2n) is 7.12. The minimum atomic E-state index is 0. The normalized spacial score (nSPS) is 13.9. The second-order valence-corrected chi connectivity index (χ2v) is 7.12. The van der Waals surface area contributed by atoms with Crippen LogP contribution < -0.4 is 15.4 Å². The number of guanidine groups is 1. The van der Waals surface area contributed by atoms with Crippen molar-refractivity contribution in [2.24, 2.45) is 4.99 Å². The van der Waals surface area contributed by atoms with Crippen molar-refractivity contribution in [3.63, 3.8) is 0 Å². The fourth-order valence-electron chi connectivity index (χ4n) is 3.15. The van der Waals surface area contributed by atoms with Crippen LogP contribution in [0.25, 0.3) is 0 Å². The third kappa shape index (κ3) is 10.2. The molecule has 0 bridgehead atoms. The summed E-state index contributed by atoms with van der Waals surface area (Å²) in [4.78, 5) is 18.2. The standard InChI is InChI=1S/C22H36N4O2.HI/c1-3-5-18-28-20-11-9-19(10-12-20)13-15-25-22(23-4-2)24-14-7-17-26-16-6-8-21(26)27;/h9-12H,3-8,13-18H2,1-2H3,(H2,23,24,25);1H. The van der Waals surface area contributed by atoms with Crippen LogP contribution in [0.5, 0.6) is 5.75 Å². The third-order valence-corrected chi connectivity index (χ3v) is 4.77. The smallest absolute Gasteiger partial charge is 0.222 e. The molecule has 1 saturated heterocycles. The van der Waals surface area contributed by atoms with Crippen LogP contribution in [0.3, 0.4) is 0 Å². The number of rotatable bonds is 12. The van der Waals surface area contributed by atoms with Crippen LogP contribution >= 0.6 is 24.0 Å². The first-order chi connectivity index (χ1) is 13.7. The number of carbonyl (C=O) groups excluding carboxylic acids is 1. The largest absolute Gasteiger partial charge is 0.494 e. The van der Waals surface area contributed by atoms with E-state index in [-0.39, 0.29) is 29.9 Å². The lowest BCUT2D eigenvalue weighted by Crippen LogP contribution is -2.38. The number of nitrogens with zero attached hydrogens (tertiary/aromatic N) is 2. The topological polar surface area (TPSA) is 66.0 Å². The maximum atomic E-state index is 11.6. The number of amides is 1. The molecule has 1 aromatic rings. The number of aliphatic imine (C=N–C) groups is 1. The Labute approximate surface area is 192 Å². The zero-order valence-electron chi connectivity index (χ0n) is 17.9. The molecule has 7 heteroatoms. The number of likely N-dealkylation sites (tertiary alicyclic amines) is 1. The molecule has 6 nitrogen and oxygen atoms in total. The molecular weight excluding hydrogens is 479 g/mol. The van der Waals surface area contributed by atoms with Crippen LogP contribution in [0, 0.1) is 0 Å². The molecule has 1 aliphatic rings. The summed E-state index contributed by atoms with van der Waals surface area (Å²) in [6, 6.07) is 8.34. The van der Waals surface area contributed by atoms with Gasteiger partial charge in [0, 0.05) is 39.1 Å². The Kier molecular flexibility index (Phi) is 13.5. The van der Waals surface area contributed by atoms with Crippen molar-refractivity contribution in [2.45, 2.75) is 52.4 Å². The molecule has 164 valence electrons. The van der Waals surface area contributed by atoms with Crippen LogP contribution in [0.15, 0.2) is 29.3 Å². The predicted molar refractivity (Wildman–Crippen MR) is 130 cm³/mol. The lowest BCUT2D eigenvalue weighted by atomic mass is 10.1. The number of halogens is 1. The molecule has 0 aromatic heterocycles. The summed E-state index contributed by atoms with van der Waals surface area (Å²) in [5.74, 6) is 2.07. The fourth-order valence-corrected chi connectivity index (χ4v) is 3.15. The van der Waals surface area contributed by atoms with Gasteiger partial charge in [-0.25, -0.2) is 0 Å². The monoisotopic (exact) mass is 516 g/mol. The predicted octanol–water partition coefficient (Wildman–Crippen LogP) is 3.59. The number of nitrogens with one attached hydrogen (secondary N) is 2. The van der Waals surface area contributed by atoms with Gasteiger partial charge in [0.2, 0.25) is 5.91 Å². The zero-order chi connectivity index (χ0) is 20.0. The van der Waals surface area contributed by atoms with Crippen molar-refractivity contribution in [3.05, 3.63) is 29.8 Å². The summed E-state index contributed by atoms with van der Waals surface area (Å²) < 4.78 is 5.71. The molecule has 1 fully saturated rings. The van der Waals surface area contributed by atoms with E-state index in [9.17, 15) is 4.79 Å². The molecule has 0 saturated carbocycles. The van der Waals surface area contributed by atoms with Crippen molar-refractivity contribution in [2.75, 3.05) is 39.3 Å². The Hall–Kier alpha value is -1.51. The zero-order valence-corrected chi connectivity index (χ0v) is 20.2. The number of benzene rings is 1. The molecule has 2 N–H and O–H groups in total. The van der Waals surface area contributed by atoms with E-state index in [0.717, 1.165) is 83.1 Å². The summed E-state index contributed by atoms with van der Waals surface area (Å²) in [7, 11) is 0. The Morgan fingerprint density at radius 1 is 1.17 bits per heavy atom. The summed E-state index contributed by atoms with van der Waals surface area (Å²) in [5.41, 5.74) is 1.28. The summed E-state index contributed by atoms with van der Waals surface area (Å²) in [6.07, 6.45) is 5.78. The van der Waals surface area contributed by atoms with Gasteiger partial charge in [0.15, 0.2) is 5.96 Å². The second kappa shape index (κ2) is 15.3. The maximum absolute atomic E-state index is 11.6. The fraction of sp³-hybridized carbons (Fsp3) is 0.636. The molecule has 1 aromatic carbocycles. The number of hydrogen-bond acceptors (Lipinski definition) is 3. The van der Waals surface area contributed by atoms with E-state index in [1.54, 1.807) is 0 Å². The molecule has 1 aliphatic heterocycles. The van der Waals surface area contributed by atoms with Gasteiger partial charge >= 0.3 is 0 Å². The van der Waals surface area contributed by atoms with Crippen LogP contribution in [-0.2, 0) is 11.2 Å². The lowest BCUT2D eigenvalue weighted by Gasteiger charge is -2.15. The van der Waals surface area contributed by atoms with Gasteiger partial charge in [-0.2, -0.15) is 0 Å². The molecule has 0 unspecified atom stereocenters. The molecular formula is C22H37IN4O2. The first kappa shape index (κ1) is 25.5. The maximum Gasteiger partial charge on any atom is 0.222 e. The quantitative estimate of drug-likeness (QED) is 0.193. The average Bonchev–Trinajstić information content (AvgIpc) is 3.11. The first-order valence-corrected chi connectivity index (χ1v) is 10.7. The van der Waals surface area contributed by atoms with Crippen LogP contribution in [-0.4, -0.2) is 56.1 Å². The van der Waals surface area contributed by atoms with E-state index < -0.39 is 0 Å². The number of unbranched alkanes of at least 4 members (excludes halogenated alkanes) is 1. The molecule has 0 radical (unpaired) electrons. The molecule has 0 atom stereocenters. The lowest BCUT2D eigenvalue weighted by molar-refractivity contribution is -0.127. The number of carbonyl (C=O) groups is 1. The van der Waals surface area contributed by atoms with Crippen molar-refractivity contribution >= 4 is 35.8 Å². The molecule has 0 aliphatic carbocycles. The van der Waals surface area contributed by atoms with E-state index in [4.69, 9.17) is 4.74 Å². The van der Waals surface area contributed by atoms with Gasteiger partial charge in [-0.05, 0) is 50.3 Å². The van der Waals surface area contributed by atoms with Crippen molar-refractivity contribution < 1.29 is 9.53 Å².